The number of nitrogens with one attached hydrogen (secondary N) is 1. The molecular formula is C19H21NO6. The first kappa shape index (κ1) is 18.0. The molecule has 0 aliphatic carbocycles. The predicted molar refractivity (Wildman–Crippen MR) is 91.9 cm³/mol. The summed E-state index contributed by atoms with van der Waals surface area (Å²) in [7, 11) is 0. The molecule has 1 aromatic heterocycles. The number of carbonyl (C=O) groups excluding carboxylic acids is 1. The molecule has 0 spiro atoms. The molecule has 138 valence electrons. The lowest BCUT2D eigenvalue weighted by Gasteiger charge is -2.33. The van der Waals surface area contributed by atoms with Crippen LogP contribution in [0.25, 0.3) is 0 Å². The summed E-state index contributed by atoms with van der Waals surface area (Å²) < 4.78 is 16.2. The molecule has 1 aromatic carbocycles. The summed E-state index contributed by atoms with van der Waals surface area (Å²) in [6.45, 7) is 0.962. The van der Waals surface area contributed by atoms with E-state index in [0.717, 1.165) is 0 Å². The number of ether oxygens (including phenoxy) is 2. The van der Waals surface area contributed by atoms with E-state index < -0.39 is 17.3 Å². The molecule has 3 rings (SSSR count). The van der Waals surface area contributed by atoms with Gasteiger partial charge in [0.25, 0.3) is 5.91 Å². The van der Waals surface area contributed by atoms with E-state index in [9.17, 15) is 14.7 Å². The predicted octanol–water partition coefficient (Wildman–Crippen LogP) is 2.47. The lowest BCUT2D eigenvalue weighted by molar-refractivity contribution is -0.154. The van der Waals surface area contributed by atoms with Crippen LogP contribution in [0.1, 0.15) is 29.0 Å². The summed E-state index contributed by atoms with van der Waals surface area (Å²) in [5, 5.41) is 12.2. The molecule has 0 saturated carbocycles. The molecule has 0 bridgehead atoms. The number of para-hydroxylation sites is 1. The van der Waals surface area contributed by atoms with Crippen molar-refractivity contribution < 1.29 is 28.6 Å². The molecule has 1 fully saturated rings. The minimum Gasteiger partial charge on any atom is -0.489 e. The Hall–Kier alpha value is -2.80. The zero-order valence-corrected chi connectivity index (χ0v) is 14.3. The van der Waals surface area contributed by atoms with Crippen LogP contribution in [0.15, 0.2) is 47.1 Å². The summed E-state index contributed by atoms with van der Waals surface area (Å²) in [5.41, 5.74) is -0.399. The normalized spacial score (nSPS) is 16.0. The van der Waals surface area contributed by atoms with E-state index in [1.807, 2.05) is 30.3 Å². The second-order valence-electron chi connectivity index (χ2n) is 6.26. The zero-order chi connectivity index (χ0) is 18.4. The van der Waals surface area contributed by atoms with Gasteiger partial charge in [0, 0.05) is 25.3 Å². The number of benzene rings is 1. The Labute approximate surface area is 150 Å². The molecule has 7 nitrogen and oxygen atoms in total. The van der Waals surface area contributed by atoms with Crippen LogP contribution in [-0.4, -0.2) is 36.7 Å². The third kappa shape index (κ3) is 4.05. The highest BCUT2D eigenvalue weighted by Crippen LogP contribution is 2.30. The topological polar surface area (TPSA) is 98.0 Å². The number of hydrogen-bond donors (Lipinski definition) is 2. The first-order chi connectivity index (χ1) is 12.6. The van der Waals surface area contributed by atoms with E-state index in [2.05, 4.69) is 5.32 Å². The fourth-order valence-corrected chi connectivity index (χ4v) is 2.88. The third-order valence-electron chi connectivity index (χ3n) is 4.58. The van der Waals surface area contributed by atoms with Crippen molar-refractivity contribution in [3.05, 3.63) is 54.0 Å². The summed E-state index contributed by atoms with van der Waals surface area (Å²) in [5.74, 6) is -0.553. The molecule has 2 aromatic rings. The Balaban J connectivity index is 1.61. The summed E-state index contributed by atoms with van der Waals surface area (Å²) >= 11 is 0. The third-order valence-corrected chi connectivity index (χ3v) is 4.58. The Morgan fingerprint density at radius 2 is 1.88 bits per heavy atom. The Kier molecular flexibility index (Phi) is 5.58. The highest BCUT2D eigenvalue weighted by Gasteiger charge is 2.40. The van der Waals surface area contributed by atoms with Crippen LogP contribution in [-0.2, 0) is 16.1 Å². The number of carbonyl (C=O) groups is 2. The van der Waals surface area contributed by atoms with E-state index in [0.29, 0.717) is 37.4 Å². The maximum absolute atomic E-state index is 12.5. The van der Waals surface area contributed by atoms with Gasteiger partial charge in [-0.15, -0.1) is 0 Å². The van der Waals surface area contributed by atoms with Crippen LogP contribution in [0.2, 0.25) is 0 Å². The average Bonchev–Trinajstić information content (AvgIpc) is 3.14. The second kappa shape index (κ2) is 8.05. The van der Waals surface area contributed by atoms with Gasteiger partial charge in [-0.05, 0) is 31.0 Å². The van der Waals surface area contributed by atoms with Gasteiger partial charge in [0.1, 0.15) is 12.4 Å². The van der Waals surface area contributed by atoms with Gasteiger partial charge in [0.05, 0.1) is 11.7 Å². The van der Waals surface area contributed by atoms with Crippen LogP contribution < -0.4 is 10.1 Å². The minimum absolute atomic E-state index is 0.0320. The number of rotatable bonds is 7. The second-order valence-corrected chi connectivity index (χ2v) is 6.26. The van der Waals surface area contributed by atoms with Gasteiger partial charge >= 0.3 is 5.97 Å². The molecule has 1 saturated heterocycles. The van der Waals surface area contributed by atoms with E-state index in [-0.39, 0.29) is 18.9 Å². The first-order valence-corrected chi connectivity index (χ1v) is 8.44. The summed E-state index contributed by atoms with van der Waals surface area (Å²) in [6, 6.07) is 10.9. The maximum atomic E-state index is 12.5. The number of carboxylic acid groups (broad SMARTS) is 1. The number of furan rings is 1. The number of aliphatic carboxylic acids is 1. The van der Waals surface area contributed by atoms with Crippen molar-refractivity contribution in [3.8, 4) is 5.75 Å². The monoisotopic (exact) mass is 359 g/mol. The molecule has 0 radical (unpaired) electrons. The van der Waals surface area contributed by atoms with E-state index >= 15 is 0 Å². The van der Waals surface area contributed by atoms with Crippen LogP contribution in [0.3, 0.4) is 0 Å². The molecule has 0 unspecified atom stereocenters. The molecule has 1 amide bonds. The van der Waals surface area contributed by atoms with Crippen molar-refractivity contribution in [2.75, 3.05) is 19.8 Å². The molecule has 26 heavy (non-hydrogen) atoms. The molecule has 2 heterocycles. The molecule has 1 aliphatic rings. The molecule has 1 aliphatic heterocycles. The fourth-order valence-electron chi connectivity index (χ4n) is 2.88. The zero-order valence-electron chi connectivity index (χ0n) is 14.3. The van der Waals surface area contributed by atoms with Crippen LogP contribution in [0.4, 0.5) is 0 Å². The lowest BCUT2D eigenvalue weighted by atomic mass is 9.80. The fraction of sp³-hybridized carbons (Fsp3) is 0.368. The van der Waals surface area contributed by atoms with Crippen LogP contribution in [0, 0.1) is 5.41 Å². The maximum Gasteiger partial charge on any atom is 0.311 e. The highest BCUT2D eigenvalue weighted by molar-refractivity contribution is 5.93. The van der Waals surface area contributed by atoms with Crippen LogP contribution >= 0.6 is 0 Å². The van der Waals surface area contributed by atoms with Crippen LogP contribution in [0.5, 0.6) is 5.75 Å². The largest absolute Gasteiger partial charge is 0.489 e. The quantitative estimate of drug-likeness (QED) is 0.788. The number of amides is 1. The minimum atomic E-state index is -0.999. The Morgan fingerprint density at radius 3 is 2.58 bits per heavy atom. The number of carboxylic acids is 1. The van der Waals surface area contributed by atoms with Gasteiger partial charge in [-0.1, -0.05) is 18.2 Å². The Morgan fingerprint density at radius 1 is 1.15 bits per heavy atom. The average molecular weight is 359 g/mol. The van der Waals surface area contributed by atoms with Crippen molar-refractivity contribution in [2.45, 2.75) is 19.4 Å². The SMILES string of the molecule is O=C(NCC1(C(=O)O)CCOCC1)c1occc1COc1ccccc1. The van der Waals surface area contributed by atoms with Crippen molar-refractivity contribution >= 4 is 11.9 Å². The molecule has 7 heteroatoms. The molecular weight excluding hydrogens is 338 g/mol. The number of hydrogen-bond acceptors (Lipinski definition) is 5. The van der Waals surface area contributed by atoms with Gasteiger partial charge in [-0.3, -0.25) is 9.59 Å². The highest BCUT2D eigenvalue weighted by atomic mass is 16.5. The summed E-state index contributed by atoms with van der Waals surface area (Å²) in [4.78, 5) is 24.1. The smallest absolute Gasteiger partial charge is 0.311 e. The van der Waals surface area contributed by atoms with E-state index in [4.69, 9.17) is 13.9 Å². The summed E-state index contributed by atoms with van der Waals surface area (Å²) in [6.07, 6.45) is 2.15. The molecule has 0 atom stereocenters. The van der Waals surface area contributed by atoms with Crippen molar-refractivity contribution in [1.29, 1.82) is 0 Å². The van der Waals surface area contributed by atoms with Gasteiger partial charge in [0.2, 0.25) is 0 Å². The van der Waals surface area contributed by atoms with Crippen molar-refractivity contribution in [3.63, 3.8) is 0 Å². The molecule has 2 N–H and O–H groups in total. The Bertz CT molecular complexity index is 748. The standard InChI is InChI=1S/C19H21NO6/c21-17(20-13-19(18(22)23)7-10-24-11-8-19)16-14(6-9-25-16)12-26-15-4-2-1-3-5-15/h1-6,9H,7-8,10-13H2,(H,20,21)(H,22,23). The lowest BCUT2D eigenvalue weighted by Crippen LogP contribution is -2.46. The van der Waals surface area contributed by atoms with Gasteiger partial charge in [0.15, 0.2) is 5.76 Å². The van der Waals surface area contributed by atoms with Crippen molar-refractivity contribution in [1.82, 2.24) is 5.32 Å². The van der Waals surface area contributed by atoms with E-state index in [1.165, 1.54) is 6.26 Å². The van der Waals surface area contributed by atoms with Gasteiger partial charge in [-0.2, -0.15) is 0 Å². The van der Waals surface area contributed by atoms with Gasteiger partial charge < -0.3 is 24.3 Å². The van der Waals surface area contributed by atoms with Crippen molar-refractivity contribution in [2.24, 2.45) is 5.41 Å². The van der Waals surface area contributed by atoms with Gasteiger partial charge in [-0.25, -0.2) is 0 Å². The van der Waals surface area contributed by atoms with E-state index in [1.54, 1.807) is 6.07 Å². The first-order valence-electron chi connectivity index (χ1n) is 8.44.